The number of aromatic hydroxyl groups is 1. The van der Waals surface area contributed by atoms with Gasteiger partial charge in [-0.25, -0.2) is 0 Å². The fourth-order valence-electron chi connectivity index (χ4n) is 2.47. The molecule has 4 nitrogen and oxygen atoms in total. The van der Waals surface area contributed by atoms with Crippen molar-refractivity contribution in [3.8, 4) is 5.75 Å². The quantitative estimate of drug-likeness (QED) is 0.682. The molecule has 1 aliphatic heterocycles. The molecule has 1 aromatic rings. The Balaban J connectivity index is 1.63. The molecular formula is C15H24N2O2. The number of hydrogen-bond donors (Lipinski definition) is 3. The number of aliphatic hydroxyl groups is 1. The summed E-state index contributed by atoms with van der Waals surface area (Å²) in [5.41, 5.74) is 0.836. The average Bonchev–Trinajstić information content (AvgIpc) is 2.45. The Morgan fingerprint density at radius 3 is 2.47 bits per heavy atom. The first kappa shape index (κ1) is 14.3. The molecule has 1 atom stereocenters. The van der Waals surface area contributed by atoms with Gasteiger partial charge >= 0.3 is 0 Å². The van der Waals surface area contributed by atoms with Gasteiger partial charge in [0.2, 0.25) is 0 Å². The van der Waals surface area contributed by atoms with E-state index in [0.717, 1.165) is 18.7 Å². The highest BCUT2D eigenvalue weighted by molar-refractivity contribution is 5.27. The van der Waals surface area contributed by atoms with Crippen LogP contribution in [0.3, 0.4) is 0 Å². The summed E-state index contributed by atoms with van der Waals surface area (Å²) in [5, 5.41) is 22.5. The molecule has 106 valence electrons. The standard InChI is InChI=1S/C15H24N2O2/c18-14-6-4-13(5-7-14)15(19)12-16-8-11-17-9-2-1-3-10-17/h4-7,15-16,18-19H,1-3,8-12H2. The zero-order valence-corrected chi connectivity index (χ0v) is 11.4. The molecule has 0 spiro atoms. The van der Waals surface area contributed by atoms with Crippen LogP contribution in [-0.4, -0.2) is 47.8 Å². The van der Waals surface area contributed by atoms with E-state index in [1.54, 1.807) is 24.3 Å². The van der Waals surface area contributed by atoms with Crippen LogP contribution < -0.4 is 5.32 Å². The Bertz CT molecular complexity index is 361. The Morgan fingerprint density at radius 1 is 1.11 bits per heavy atom. The van der Waals surface area contributed by atoms with Gasteiger partial charge < -0.3 is 20.4 Å². The van der Waals surface area contributed by atoms with Crippen LogP contribution in [0.25, 0.3) is 0 Å². The summed E-state index contributed by atoms with van der Waals surface area (Å²) in [5.74, 6) is 0.231. The minimum Gasteiger partial charge on any atom is -0.508 e. The van der Waals surface area contributed by atoms with Crippen molar-refractivity contribution in [1.29, 1.82) is 0 Å². The number of hydrogen-bond acceptors (Lipinski definition) is 4. The van der Waals surface area contributed by atoms with E-state index in [2.05, 4.69) is 10.2 Å². The maximum atomic E-state index is 9.99. The molecule has 1 saturated heterocycles. The summed E-state index contributed by atoms with van der Waals surface area (Å²) in [4.78, 5) is 2.48. The van der Waals surface area contributed by atoms with Crippen molar-refractivity contribution in [3.05, 3.63) is 29.8 Å². The Hall–Kier alpha value is -1.10. The number of aliphatic hydroxyl groups excluding tert-OH is 1. The van der Waals surface area contributed by atoms with Crippen LogP contribution >= 0.6 is 0 Å². The molecule has 1 fully saturated rings. The number of phenolic OH excluding ortho intramolecular Hbond substituents is 1. The highest BCUT2D eigenvalue weighted by Gasteiger charge is 2.10. The van der Waals surface area contributed by atoms with E-state index < -0.39 is 6.10 Å². The van der Waals surface area contributed by atoms with Gasteiger partial charge in [-0.05, 0) is 43.6 Å². The summed E-state index contributed by atoms with van der Waals surface area (Å²) in [6.07, 6.45) is 3.48. The van der Waals surface area contributed by atoms with E-state index in [9.17, 15) is 10.2 Å². The lowest BCUT2D eigenvalue weighted by Gasteiger charge is -2.26. The summed E-state index contributed by atoms with van der Waals surface area (Å²) < 4.78 is 0. The summed E-state index contributed by atoms with van der Waals surface area (Å²) >= 11 is 0. The minimum absolute atomic E-state index is 0.231. The topological polar surface area (TPSA) is 55.7 Å². The lowest BCUT2D eigenvalue weighted by molar-refractivity contribution is 0.169. The van der Waals surface area contributed by atoms with Crippen LogP contribution in [0.4, 0.5) is 0 Å². The van der Waals surface area contributed by atoms with Gasteiger partial charge in [-0.2, -0.15) is 0 Å². The highest BCUT2D eigenvalue weighted by Crippen LogP contribution is 2.15. The molecule has 2 rings (SSSR count). The Kier molecular flexibility index (Phi) is 5.63. The van der Waals surface area contributed by atoms with Crippen LogP contribution in [0, 0.1) is 0 Å². The Labute approximate surface area is 115 Å². The first-order valence-electron chi connectivity index (χ1n) is 7.16. The van der Waals surface area contributed by atoms with Crippen molar-refractivity contribution >= 4 is 0 Å². The van der Waals surface area contributed by atoms with Gasteiger partial charge in [0.05, 0.1) is 6.10 Å². The van der Waals surface area contributed by atoms with Crippen LogP contribution in [0.5, 0.6) is 5.75 Å². The summed E-state index contributed by atoms with van der Waals surface area (Å²) in [7, 11) is 0. The predicted octanol–water partition coefficient (Wildman–Crippen LogP) is 1.50. The molecule has 0 saturated carbocycles. The molecule has 0 aromatic heterocycles. The third kappa shape index (κ3) is 4.82. The number of phenols is 1. The first-order valence-corrected chi connectivity index (χ1v) is 7.16. The van der Waals surface area contributed by atoms with E-state index in [1.165, 1.54) is 32.4 Å². The van der Waals surface area contributed by atoms with E-state index in [1.807, 2.05) is 0 Å². The van der Waals surface area contributed by atoms with E-state index in [0.29, 0.717) is 6.54 Å². The first-order chi connectivity index (χ1) is 9.25. The van der Waals surface area contributed by atoms with Gasteiger partial charge in [-0.3, -0.25) is 0 Å². The van der Waals surface area contributed by atoms with Gasteiger partial charge in [0.25, 0.3) is 0 Å². The van der Waals surface area contributed by atoms with E-state index >= 15 is 0 Å². The number of likely N-dealkylation sites (tertiary alicyclic amines) is 1. The minimum atomic E-state index is -0.512. The van der Waals surface area contributed by atoms with Gasteiger partial charge in [0.1, 0.15) is 5.75 Å². The molecule has 4 heteroatoms. The maximum absolute atomic E-state index is 9.99. The number of nitrogens with zero attached hydrogens (tertiary/aromatic N) is 1. The monoisotopic (exact) mass is 264 g/mol. The third-order valence-corrected chi connectivity index (χ3v) is 3.67. The normalized spacial score (nSPS) is 18.4. The highest BCUT2D eigenvalue weighted by atomic mass is 16.3. The zero-order chi connectivity index (χ0) is 13.5. The van der Waals surface area contributed by atoms with Crippen LogP contribution in [-0.2, 0) is 0 Å². The molecule has 0 amide bonds. The fourth-order valence-corrected chi connectivity index (χ4v) is 2.47. The van der Waals surface area contributed by atoms with Crippen molar-refractivity contribution in [3.63, 3.8) is 0 Å². The summed E-state index contributed by atoms with van der Waals surface area (Å²) in [6.45, 7) is 4.94. The largest absolute Gasteiger partial charge is 0.508 e. The second kappa shape index (κ2) is 7.48. The number of rotatable bonds is 6. The molecule has 3 N–H and O–H groups in total. The average molecular weight is 264 g/mol. The number of nitrogens with one attached hydrogen (secondary N) is 1. The smallest absolute Gasteiger partial charge is 0.115 e. The second-order valence-corrected chi connectivity index (χ2v) is 5.21. The zero-order valence-electron chi connectivity index (χ0n) is 11.4. The van der Waals surface area contributed by atoms with E-state index in [4.69, 9.17) is 0 Å². The third-order valence-electron chi connectivity index (χ3n) is 3.67. The van der Waals surface area contributed by atoms with Gasteiger partial charge in [-0.15, -0.1) is 0 Å². The van der Waals surface area contributed by atoms with Crippen molar-refractivity contribution in [2.45, 2.75) is 25.4 Å². The molecule has 0 bridgehead atoms. The second-order valence-electron chi connectivity index (χ2n) is 5.21. The Morgan fingerprint density at radius 2 is 1.79 bits per heavy atom. The van der Waals surface area contributed by atoms with Crippen molar-refractivity contribution < 1.29 is 10.2 Å². The predicted molar refractivity (Wildman–Crippen MR) is 76.2 cm³/mol. The van der Waals surface area contributed by atoms with Crippen LogP contribution in [0.15, 0.2) is 24.3 Å². The van der Waals surface area contributed by atoms with Crippen LogP contribution in [0.2, 0.25) is 0 Å². The molecule has 0 aliphatic carbocycles. The van der Waals surface area contributed by atoms with Crippen molar-refractivity contribution in [2.75, 3.05) is 32.7 Å². The van der Waals surface area contributed by atoms with Gasteiger partial charge in [-0.1, -0.05) is 18.6 Å². The lowest BCUT2D eigenvalue weighted by atomic mass is 10.1. The SMILES string of the molecule is Oc1ccc(C(O)CNCCN2CCCCC2)cc1. The van der Waals surface area contributed by atoms with Crippen molar-refractivity contribution in [1.82, 2.24) is 10.2 Å². The van der Waals surface area contributed by atoms with Gasteiger partial charge in [0.15, 0.2) is 0 Å². The van der Waals surface area contributed by atoms with E-state index in [-0.39, 0.29) is 5.75 Å². The number of benzene rings is 1. The molecular weight excluding hydrogens is 240 g/mol. The lowest BCUT2D eigenvalue weighted by Crippen LogP contribution is -2.36. The maximum Gasteiger partial charge on any atom is 0.115 e. The molecule has 1 aliphatic rings. The summed E-state index contributed by atoms with van der Waals surface area (Å²) in [6, 6.07) is 6.72. The molecule has 1 heterocycles. The molecule has 1 aromatic carbocycles. The van der Waals surface area contributed by atoms with Gasteiger partial charge in [0, 0.05) is 19.6 Å². The fraction of sp³-hybridized carbons (Fsp3) is 0.600. The molecule has 1 unspecified atom stereocenters. The van der Waals surface area contributed by atoms with Crippen molar-refractivity contribution in [2.24, 2.45) is 0 Å². The molecule has 19 heavy (non-hydrogen) atoms. The van der Waals surface area contributed by atoms with Crippen LogP contribution in [0.1, 0.15) is 30.9 Å². The molecule has 0 radical (unpaired) electrons. The number of piperidine rings is 1.